The van der Waals surface area contributed by atoms with Crippen LogP contribution in [0.25, 0.3) is 11.0 Å². The van der Waals surface area contributed by atoms with Crippen LogP contribution in [0.2, 0.25) is 0 Å². The monoisotopic (exact) mass is 484 g/mol. The van der Waals surface area contributed by atoms with Gasteiger partial charge in [0.2, 0.25) is 0 Å². The zero-order chi connectivity index (χ0) is 23.8. The van der Waals surface area contributed by atoms with E-state index in [-0.39, 0.29) is 24.5 Å². The van der Waals surface area contributed by atoms with Crippen LogP contribution < -0.4 is 15.5 Å². The molecule has 1 heterocycles. The van der Waals surface area contributed by atoms with Gasteiger partial charge in [-0.05, 0) is 42.1 Å². The number of carbonyl (C=O) groups excluding carboxylic acids is 2. The molecular weight excluding hydrogens is 465 g/mol. The van der Waals surface area contributed by atoms with Crippen LogP contribution >= 0.6 is 11.8 Å². The van der Waals surface area contributed by atoms with E-state index >= 15 is 0 Å². The minimum atomic E-state index is -4.48. The van der Waals surface area contributed by atoms with Crippen molar-refractivity contribution >= 4 is 33.9 Å². The first kappa shape index (κ1) is 24.4. The molecule has 3 N–H and O–H groups in total. The van der Waals surface area contributed by atoms with E-state index in [0.29, 0.717) is 21.6 Å². The average Bonchev–Trinajstić information content (AvgIpc) is 3.15. The SMILES string of the molecule is O=C(NO)Sc1ccc(OCCNC(=O)c2oc3ccccc3c2COCC(F)(F)F)cc1. The van der Waals surface area contributed by atoms with E-state index in [0.717, 1.165) is 11.8 Å². The number of nitrogens with one attached hydrogen (secondary N) is 2. The van der Waals surface area contributed by atoms with E-state index in [2.05, 4.69) is 5.32 Å². The smallest absolute Gasteiger partial charge is 0.411 e. The Labute approximate surface area is 190 Å². The molecule has 0 saturated heterocycles. The Bertz CT molecular complexity index is 1100. The number of thioether (sulfide) groups is 1. The van der Waals surface area contributed by atoms with Gasteiger partial charge >= 0.3 is 11.4 Å². The summed E-state index contributed by atoms with van der Waals surface area (Å²) in [5, 5.41) is 11.0. The molecule has 0 saturated carbocycles. The summed E-state index contributed by atoms with van der Waals surface area (Å²) in [6, 6.07) is 13.1. The van der Waals surface area contributed by atoms with Crippen molar-refractivity contribution in [2.24, 2.45) is 0 Å². The fraction of sp³-hybridized carbons (Fsp3) is 0.238. The Morgan fingerprint density at radius 1 is 1.09 bits per heavy atom. The van der Waals surface area contributed by atoms with Crippen molar-refractivity contribution in [2.75, 3.05) is 19.8 Å². The van der Waals surface area contributed by atoms with E-state index in [1.165, 1.54) is 5.48 Å². The number of fused-ring (bicyclic) bond motifs is 1. The minimum Gasteiger partial charge on any atom is -0.492 e. The summed E-state index contributed by atoms with van der Waals surface area (Å²) >= 11 is 0.796. The second kappa shape index (κ2) is 11.1. The number of para-hydroxylation sites is 1. The van der Waals surface area contributed by atoms with Crippen LogP contribution in [0.15, 0.2) is 57.8 Å². The minimum absolute atomic E-state index is 0.0994. The van der Waals surface area contributed by atoms with Gasteiger partial charge in [0.25, 0.3) is 5.91 Å². The summed E-state index contributed by atoms with van der Waals surface area (Å²) in [4.78, 5) is 24.3. The lowest BCUT2D eigenvalue weighted by molar-refractivity contribution is -0.176. The van der Waals surface area contributed by atoms with E-state index in [9.17, 15) is 22.8 Å². The molecule has 0 unspecified atom stereocenters. The highest BCUT2D eigenvalue weighted by Gasteiger charge is 2.28. The number of ether oxygens (including phenoxy) is 2. The summed E-state index contributed by atoms with van der Waals surface area (Å²) in [5.41, 5.74) is 2.10. The van der Waals surface area contributed by atoms with E-state index < -0.39 is 30.5 Å². The summed E-state index contributed by atoms with van der Waals surface area (Å²) < 4.78 is 53.1. The van der Waals surface area contributed by atoms with Crippen molar-refractivity contribution in [2.45, 2.75) is 17.7 Å². The highest BCUT2D eigenvalue weighted by Crippen LogP contribution is 2.27. The van der Waals surface area contributed by atoms with Crippen molar-refractivity contribution in [3.8, 4) is 5.75 Å². The summed E-state index contributed by atoms with van der Waals surface area (Å²) in [6.45, 7) is -1.67. The number of furan rings is 1. The van der Waals surface area contributed by atoms with Crippen LogP contribution in [0.1, 0.15) is 16.1 Å². The first-order valence-electron chi connectivity index (χ1n) is 9.54. The van der Waals surface area contributed by atoms with Crippen LogP contribution in [0.5, 0.6) is 5.75 Å². The Morgan fingerprint density at radius 3 is 2.52 bits per heavy atom. The molecular formula is C21H19F3N2O6S. The number of hydrogen-bond acceptors (Lipinski definition) is 7. The molecule has 0 atom stereocenters. The van der Waals surface area contributed by atoms with Crippen molar-refractivity contribution in [1.82, 2.24) is 10.8 Å². The van der Waals surface area contributed by atoms with Gasteiger partial charge in [0.05, 0.1) is 13.2 Å². The number of carbonyl (C=O) groups is 2. The molecule has 0 fully saturated rings. The maximum atomic E-state index is 12.6. The Balaban J connectivity index is 1.56. The lowest BCUT2D eigenvalue weighted by Crippen LogP contribution is -2.28. The number of amides is 2. The molecule has 0 bridgehead atoms. The zero-order valence-corrected chi connectivity index (χ0v) is 17.8. The number of rotatable bonds is 9. The molecule has 8 nitrogen and oxygen atoms in total. The van der Waals surface area contributed by atoms with E-state index in [1.807, 2.05) is 0 Å². The fourth-order valence-corrected chi connectivity index (χ4v) is 3.37. The van der Waals surface area contributed by atoms with Crippen LogP contribution in [0.4, 0.5) is 18.0 Å². The second-order valence-corrected chi connectivity index (χ2v) is 7.64. The molecule has 176 valence electrons. The molecule has 12 heteroatoms. The van der Waals surface area contributed by atoms with Gasteiger partial charge in [0.1, 0.15) is 24.5 Å². The van der Waals surface area contributed by atoms with Crippen molar-refractivity contribution < 1.29 is 41.9 Å². The Morgan fingerprint density at radius 2 is 1.82 bits per heavy atom. The van der Waals surface area contributed by atoms with Gasteiger partial charge in [-0.3, -0.25) is 14.8 Å². The van der Waals surface area contributed by atoms with Crippen LogP contribution in [-0.4, -0.2) is 42.3 Å². The molecule has 0 aliphatic rings. The number of benzene rings is 2. The van der Waals surface area contributed by atoms with Crippen LogP contribution in [-0.2, 0) is 11.3 Å². The van der Waals surface area contributed by atoms with Gasteiger partial charge in [-0.2, -0.15) is 13.2 Å². The third-order valence-electron chi connectivity index (χ3n) is 4.20. The highest BCUT2D eigenvalue weighted by molar-refractivity contribution is 8.13. The van der Waals surface area contributed by atoms with Crippen molar-refractivity contribution in [3.63, 3.8) is 0 Å². The summed E-state index contributed by atoms with van der Waals surface area (Å²) in [5.74, 6) is -0.243. The second-order valence-electron chi connectivity index (χ2n) is 6.59. The van der Waals surface area contributed by atoms with E-state index in [4.69, 9.17) is 19.1 Å². The Hall–Kier alpha value is -3.22. The number of alkyl halides is 3. The largest absolute Gasteiger partial charge is 0.492 e. The molecule has 3 aromatic rings. The molecule has 0 aliphatic heterocycles. The van der Waals surface area contributed by atoms with E-state index in [1.54, 1.807) is 48.5 Å². The number of hydroxylamine groups is 1. The molecule has 2 aromatic carbocycles. The maximum Gasteiger partial charge on any atom is 0.411 e. The quantitative estimate of drug-likeness (QED) is 0.177. The normalized spacial score (nSPS) is 11.4. The van der Waals surface area contributed by atoms with Crippen LogP contribution in [0.3, 0.4) is 0 Å². The number of halogens is 3. The molecule has 2 amide bonds. The van der Waals surface area contributed by atoms with Gasteiger partial charge in [-0.1, -0.05) is 18.2 Å². The third-order valence-corrected chi connectivity index (χ3v) is 4.98. The highest BCUT2D eigenvalue weighted by atomic mass is 32.2. The molecule has 1 aromatic heterocycles. The number of hydrogen-bond donors (Lipinski definition) is 3. The molecule has 0 spiro atoms. The predicted molar refractivity (Wildman–Crippen MR) is 112 cm³/mol. The first-order chi connectivity index (χ1) is 15.8. The third kappa shape index (κ3) is 7.14. The van der Waals surface area contributed by atoms with Crippen LogP contribution in [0, 0.1) is 0 Å². The standard InChI is InChI=1S/C21H19F3N2O6S/c22-21(23,24)12-30-11-16-15-3-1-2-4-17(15)32-18(16)19(27)25-9-10-31-13-5-7-14(8-6-13)33-20(28)26-29/h1-8,29H,9-12H2,(H,25,27)(H,26,28). The molecule has 0 radical (unpaired) electrons. The molecule has 3 rings (SSSR count). The summed E-state index contributed by atoms with van der Waals surface area (Å²) in [6.07, 6.45) is -4.48. The zero-order valence-electron chi connectivity index (χ0n) is 17.0. The topological polar surface area (TPSA) is 110 Å². The Kier molecular flexibility index (Phi) is 8.20. The summed E-state index contributed by atoms with van der Waals surface area (Å²) in [7, 11) is 0. The molecule has 33 heavy (non-hydrogen) atoms. The van der Waals surface area contributed by atoms with Crippen molar-refractivity contribution in [1.29, 1.82) is 0 Å². The van der Waals surface area contributed by atoms with Gasteiger partial charge < -0.3 is 19.2 Å². The van der Waals surface area contributed by atoms with Gasteiger partial charge in [-0.25, -0.2) is 5.48 Å². The van der Waals surface area contributed by atoms with Gasteiger partial charge in [0, 0.05) is 15.8 Å². The maximum absolute atomic E-state index is 12.6. The lowest BCUT2D eigenvalue weighted by Gasteiger charge is -2.09. The van der Waals surface area contributed by atoms with Crippen molar-refractivity contribution in [3.05, 3.63) is 59.9 Å². The molecule has 0 aliphatic carbocycles. The van der Waals surface area contributed by atoms with Gasteiger partial charge in [0.15, 0.2) is 5.76 Å². The van der Waals surface area contributed by atoms with Gasteiger partial charge in [-0.15, -0.1) is 0 Å². The fourth-order valence-electron chi connectivity index (χ4n) is 2.84. The first-order valence-corrected chi connectivity index (χ1v) is 10.4. The average molecular weight is 484 g/mol. The lowest BCUT2D eigenvalue weighted by atomic mass is 10.1. The predicted octanol–water partition coefficient (Wildman–Crippen LogP) is 4.51.